The fourth-order valence-electron chi connectivity index (χ4n) is 5.55. The number of aryl methyl sites for hydroxylation is 2. The van der Waals surface area contributed by atoms with Crippen LogP contribution in [-0.4, -0.2) is 48.5 Å². The van der Waals surface area contributed by atoms with E-state index in [2.05, 4.69) is 57.1 Å². The number of nitrogens with zero attached hydrogens (tertiary/aromatic N) is 5. The lowest BCUT2D eigenvalue weighted by Gasteiger charge is -2.32. The van der Waals surface area contributed by atoms with Gasteiger partial charge in [-0.1, -0.05) is 41.5 Å². The second-order valence-corrected chi connectivity index (χ2v) is 10.5. The molecule has 4 aromatic heterocycles. The Hall–Kier alpha value is -3.93. The highest BCUT2D eigenvalue weighted by Gasteiger charge is 2.31. The Morgan fingerprint density at radius 1 is 1.11 bits per heavy atom. The van der Waals surface area contributed by atoms with Crippen molar-refractivity contribution >= 4 is 22.1 Å². The third kappa shape index (κ3) is 4.38. The number of hydrogen-bond donors (Lipinski definition) is 1. The molecular weight excluding hydrogens is 478 g/mol. The van der Waals surface area contributed by atoms with Gasteiger partial charge in [0.2, 0.25) is 0 Å². The molecule has 8 nitrogen and oxygen atoms in total. The monoisotopic (exact) mass is 509 g/mol. The van der Waals surface area contributed by atoms with Gasteiger partial charge >= 0.3 is 0 Å². The van der Waals surface area contributed by atoms with Crippen LogP contribution < -0.4 is 0 Å². The molecule has 194 valence electrons. The summed E-state index contributed by atoms with van der Waals surface area (Å²) < 4.78 is 16.2. The Morgan fingerprint density at radius 3 is 2.55 bits per heavy atom. The van der Waals surface area contributed by atoms with E-state index >= 15 is 0 Å². The number of aliphatic hydroxyl groups is 1. The van der Waals surface area contributed by atoms with E-state index in [0.717, 1.165) is 59.6 Å². The van der Waals surface area contributed by atoms with Gasteiger partial charge in [0, 0.05) is 38.1 Å². The van der Waals surface area contributed by atoms with Gasteiger partial charge in [0.1, 0.15) is 11.1 Å². The van der Waals surface area contributed by atoms with E-state index in [9.17, 15) is 5.11 Å². The van der Waals surface area contributed by atoms with Gasteiger partial charge in [-0.2, -0.15) is 0 Å². The van der Waals surface area contributed by atoms with Crippen LogP contribution in [0.3, 0.4) is 0 Å². The first-order chi connectivity index (χ1) is 18.3. The largest absolute Gasteiger partial charge is 0.444 e. The third-order valence-electron chi connectivity index (χ3n) is 7.21. The molecule has 8 heteroatoms. The number of ether oxygens (including phenoxy) is 1. The summed E-state index contributed by atoms with van der Waals surface area (Å²) in [5.41, 5.74) is 6.24. The maximum Gasteiger partial charge on any atom is 0.179 e. The Labute approximate surface area is 221 Å². The summed E-state index contributed by atoms with van der Waals surface area (Å²) in [4.78, 5) is 4.91. The van der Waals surface area contributed by atoms with Crippen LogP contribution in [-0.2, 0) is 11.8 Å². The molecule has 1 atom stereocenters. The number of rotatable bonds is 4. The van der Waals surface area contributed by atoms with E-state index in [1.54, 1.807) is 18.5 Å². The van der Waals surface area contributed by atoms with Crippen molar-refractivity contribution in [3.8, 4) is 23.1 Å². The summed E-state index contributed by atoms with van der Waals surface area (Å²) in [5.74, 6) is 6.75. The normalized spacial score (nSPS) is 15.6. The van der Waals surface area contributed by atoms with Crippen LogP contribution in [0, 0.1) is 24.7 Å². The molecule has 0 radical (unpaired) electrons. The summed E-state index contributed by atoms with van der Waals surface area (Å²) in [6.07, 6.45) is 3.78. The fourth-order valence-corrected chi connectivity index (χ4v) is 5.55. The van der Waals surface area contributed by atoms with Crippen LogP contribution in [0.5, 0.6) is 0 Å². The zero-order chi connectivity index (χ0) is 26.4. The second kappa shape index (κ2) is 9.43. The summed E-state index contributed by atoms with van der Waals surface area (Å²) in [7, 11) is 1.90. The van der Waals surface area contributed by atoms with Gasteiger partial charge in [0.05, 0.1) is 28.5 Å². The van der Waals surface area contributed by atoms with Crippen molar-refractivity contribution in [2.45, 2.75) is 45.3 Å². The van der Waals surface area contributed by atoms with Gasteiger partial charge in [0.15, 0.2) is 11.3 Å². The van der Waals surface area contributed by atoms with E-state index < -0.39 is 5.60 Å². The molecule has 0 bridgehead atoms. The van der Waals surface area contributed by atoms with Gasteiger partial charge in [-0.15, -0.1) is 5.10 Å². The van der Waals surface area contributed by atoms with Crippen molar-refractivity contribution < 1.29 is 14.3 Å². The minimum absolute atomic E-state index is 0.0515. The van der Waals surface area contributed by atoms with Crippen LogP contribution in [0.4, 0.5) is 0 Å². The van der Waals surface area contributed by atoms with Gasteiger partial charge < -0.3 is 18.8 Å². The topological polar surface area (TPSA) is 91.1 Å². The molecule has 0 spiro atoms. The Morgan fingerprint density at radius 2 is 1.87 bits per heavy atom. The Balaban J connectivity index is 1.64. The molecule has 0 aliphatic carbocycles. The Kier molecular flexibility index (Phi) is 6.05. The number of furan rings is 1. The quantitative estimate of drug-likeness (QED) is 0.342. The van der Waals surface area contributed by atoms with Crippen LogP contribution in [0.1, 0.15) is 49.7 Å². The van der Waals surface area contributed by atoms with Crippen molar-refractivity contribution in [2.75, 3.05) is 13.2 Å². The third-order valence-corrected chi connectivity index (χ3v) is 7.21. The SMILES string of the molecule is Cc1nnn(C)c1-c1cnc2c3oc(C#CC(C)(C)O)cc3n(C(c3ccccc3)C3CCOCC3)c2c1. The van der Waals surface area contributed by atoms with Crippen LogP contribution >= 0.6 is 0 Å². The van der Waals surface area contributed by atoms with Crippen molar-refractivity contribution in [3.05, 3.63) is 65.7 Å². The molecule has 0 amide bonds. The molecule has 6 rings (SSSR count). The molecule has 5 heterocycles. The minimum atomic E-state index is -1.12. The van der Waals surface area contributed by atoms with Gasteiger partial charge in [0.25, 0.3) is 0 Å². The zero-order valence-corrected chi connectivity index (χ0v) is 22.1. The number of benzene rings is 1. The predicted octanol–water partition coefficient (Wildman–Crippen LogP) is 5.02. The summed E-state index contributed by atoms with van der Waals surface area (Å²) in [6.45, 7) is 6.76. The van der Waals surface area contributed by atoms with Crippen LogP contribution in [0.25, 0.3) is 33.4 Å². The lowest BCUT2D eigenvalue weighted by Crippen LogP contribution is -2.26. The summed E-state index contributed by atoms with van der Waals surface area (Å²) in [5, 5.41) is 18.6. The zero-order valence-electron chi connectivity index (χ0n) is 22.1. The van der Waals surface area contributed by atoms with E-state index in [-0.39, 0.29) is 6.04 Å². The minimum Gasteiger partial charge on any atom is -0.444 e. The first kappa shape index (κ1) is 24.4. The Bertz CT molecular complexity index is 1650. The highest BCUT2D eigenvalue weighted by atomic mass is 16.5. The highest BCUT2D eigenvalue weighted by Crippen LogP contribution is 2.42. The maximum absolute atomic E-state index is 10.1. The van der Waals surface area contributed by atoms with E-state index in [0.29, 0.717) is 17.3 Å². The van der Waals surface area contributed by atoms with Crippen molar-refractivity contribution in [3.63, 3.8) is 0 Å². The highest BCUT2D eigenvalue weighted by molar-refractivity contribution is 6.04. The number of pyridine rings is 1. The standard InChI is InChI=1S/C30H31N5O3/c1-19-27(34(4)33-32-19)22-16-24-26(31-18-22)29-25(17-23(38-29)10-13-30(2,3)36)35(24)28(20-8-6-5-7-9-20)21-11-14-37-15-12-21/h5-9,16-18,21,28,36H,11-12,14-15H2,1-4H3. The predicted molar refractivity (Wildman–Crippen MR) is 146 cm³/mol. The van der Waals surface area contributed by atoms with E-state index in [4.69, 9.17) is 14.1 Å². The first-order valence-electron chi connectivity index (χ1n) is 13.0. The lowest BCUT2D eigenvalue weighted by atomic mass is 9.86. The molecular formula is C30H31N5O3. The molecule has 5 aromatic rings. The van der Waals surface area contributed by atoms with Gasteiger partial charge in [-0.3, -0.25) is 0 Å². The smallest absolute Gasteiger partial charge is 0.179 e. The van der Waals surface area contributed by atoms with E-state index in [1.165, 1.54) is 5.56 Å². The van der Waals surface area contributed by atoms with Gasteiger partial charge in [-0.25, -0.2) is 9.67 Å². The van der Waals surface area contributed by atoms with Crippen molar-refractivity contribution in [1.82, 2.24) is 24.5 Å². The lowest BCUT2D eigenvalue weighted by molar-refractivity contribution is 0.0553. The van der Waals surface area contributed by atoms with Crippen molar-refractivity contribution in [2.24, 2.45) is 13.0 Å². The molecule has 1 saturated heterocycles. The number of aromatic nitrogens is 5. The molecule has 0 saturated carbocycles. The molecule has 1 aliphatic heterocycles. The number of hydrogen-bond acceptors (Lipinski definition) is 6. The molecule has 38 heavy (non-hydrogen) atoms. The summed E-state index contributed by atoms with van der Waals surface area (Å²) in [6, 6.07) is 14.8. The molecule has 1 N–H and O–H groups in total. The average molecular weight is 510 g/mol. The molecule has 1 aliphatic rings. The van der Waals surface area contributed by atoms with Gasteiger partial charge in [-0.05, 0) is 57.1 Å². The fraction of sp³-hybridized carbons (Fsp3) is 0.367. The van der Waals surface area contributed by atoms with Crippen LogP contribution in [0.2, 0.25) is 0 Å². The molecule has 1 aromatic carbocycles. The van der Waals surface area contributed by atoms with Crippen LogP contribution in [0.15, 0.2) is 53.1 Å². The van der Waals surface area contributed by atoms with E-state index in [1.807, 2.05) is 32.3 Å². The first-order valence-corrected chi connectivity index (χ1v) is 13.0. The summed E-state index contributed by atoms with van der Waals surface area (Å²) >= 11 is 0. The molecule has 1 unspecified atom stereocenters. The average Bonchev–Trinajstić information content (AvgIpc) is 3.56. The van der Waals surface area contributed by atoms with Crippen molar-refractivity contribution in [1.29, 1.82) is 0 Å². The second-order valence-electron chi connectivity index (χ2n) is 10.5. The molecule has 1 fully saturated rings. The number of fused-ring (bicyclic) bond motifs is 3. The maximum atomic E-state index is 10.1.